The van der Waals surface area contributed by atoms with Crippen LogP contribution in [0, 0.1) is 0 Å². The summed E-state index contributed by atoms with van der Waals surface area (Å²) in [4.78, 5) is 5.75. The molecule has 2 aromatic heterocycles. The fourth-order valence-corrected chi connectivity index (χ4v) is 3.94. The van der Waals surface area contributed by atoms with Gasteiger partial charge in [-0.1, -0.05) is 28.1 Å². The van der Waals surface area contributed by atoms with Crippen molar-refractivity contribution in [3.8, 4) is 17.0 Å². The van der Waals surface area contributed by atoms with Crippen LogP contribution >= 0.6 is 27.3 Å². The van der Waals surface area contributed by atoms with Crippen LogP contribution < -0.4 is 9.54 Å². The van der Waals surface area contributed by atoms with Crippen molar-refractivity contribution in [2.45, 2.75) is 6.54 Å². The van der Waals surface area contributed by atoms with Gasteiger partial charge < -0.3 is 13.7 Å². The maximum absolute atomic E-state index is 5.57. The zero-order valence-corrected chi connectivity index (χ0v) is 17.0. The van der Waals surface area contributed by atoms with Gasteiger partial charge in [0.15, 0.2) is 4.80 Å². The van der Waals surface area contributed by atoms with E-state index in [2.05, 4.69) is 38.0 Å². The number of hydrogen-bond acceptors (Lipinski definition) is 4. The number of ether oxygens (including phenoxy) is 1. The lowest BCUT2D eigenvalue weighted by Crippen LogP contribution is -2.16. The Labute approximate surface area is 169 Å². The van der Waals surface area contributed by atoms with E-state index >= 15 is 0 Å². The predicted octanol–water partition coefficient (Wildman–Crippen LogP) is 5.86. The monoisotopic (exact) mass is 440 g/mol. The number of nitrogens with zero attached hydrogens (tertiary/aromatic N) is 2. The molecule has 0 amide bonds. The number of methoxy groups -OCH3 is 1. The number of rotatable bonds is 5. The van der Waals surface area contributed by atoms with Crippen molar-refractivity contribution >= 4 is 33.0 Å². The molecule has 0 aliphatic heterocycles. The minimum Gasteiger partial charge on any atom is -0.497 e. The van der Waals surface area contributed by atoms with Crippen LogP contribution in [-0.4, -0.2) is 11.7 Å². The van der Waals surface area contributed by atoms with Crippen molar-refractivity contribution in [1.29, 1.82) is 0 Å². The van der Waals surface area contributed by atoms with Crippen LogP contribution in [0.1, 0.15) is 5.76 Å². The molecular formula is C21H17BrN2O2S. The molecule has 0 saturated heterocycles. The van der Waals surface area contributed by atoms with Gasteiger partial charge in [0.05, 0.1) is 31.3 Å². The highest BCUT2D eigenvalue weighted by molar-refractivity contribution is 9.10. The molecule has 0 spiro atoms. The van der Waals surface area contributed by atoms with E-state index in [1.54, 1.807) is 24.7 Å². The van der Waals surface area contributed by atoms with Gasteiger partial charge in [0.25, 0.3) is 0 Å². The highest BCUT2D eigenvalue weighted by Crippen LogP contribution is 2.24. The normalized spacial score (nSPS) is 11.7. The molecule has 0 aliphatic carbocycles. The summed E-state index contributed by atoms with van der Waals surface area (Å²) in [6.07, 6.45) is 1.70. The maximum atomic E-state index is 5.57. The van der Waals surface area contributed by atoms with Crippen molar-refractivity contribution in [3.05, 3.63) is 87.3 Å². The molecule has 136 valence electrons. The lowest BCUT2D eigenvalue weighted by atomic mass is 10.2. The number of hydrogen-bond donors (Lipinski definition) is 0. The lowest BCUT2D eigenvalue weighted by Gasteiger charge is -2.08. The van der Waals surface area contributed by atoms with E-state index in [0.717, 1.165) is 37.7 Å². The van der Waals surface area contributed by atoms with E-state index in [-0.39, 0.29) is 0 Å². The molecule has 4 aromatic rings. The van der Waals surface area contributed by atoms with Crippen molar-refractivity contribution in [2.75, 3.05) is 7.11 Å². The molecule has 4 nitrogen and oxygen atoms in total. The Morgan fingerprint density at radius 2 is 1.85 bits per heavy atom. The average molecular weight is 441 g/mol. The van der Waals surface area contributed by atoms with Gasteiger partial charge in [-0.15, -0.1) is 11.3 Å². The zero-order valence-electron chi connectivity index (χ0n) is 14.6. The van der Waals surface area contributed by atoms with Gasteiger partial charge in [0.1, 0.15) is 11.5 Å². The second-order valence-corrected chi connectivity index (χ2v) is 7.64. The summed E-state index contributed by atoms with van der Waals surface area (Å²) in [6, 6.07) is 19.9. The van der Waals surface area contributed by atoms with Crippen molar-refractivity contribution < 1.29 is 9.15 Å². The molecule has 0 unspecified atom stereocenters. The third-order valence-electron chi connectivity index (χ3n) is 4.13. The fraction of sp³-hybridized carbons (Fsp3) is 0.0952. The molecular weight excluding hydrogens is 424 g/mol. The Hall–Kier alpha value is -2.57. The topological polar surface area (TPSA) is 39.7 Å². The second-order valence-electron chi connectivity index (χ2n) is 5.89. The van der Waals surface area contributed by atoms with E-state index in [0.29, 0.717) is 6.54 Å². The summed E-state index contributed by atoms with van der Waals surface area (Å²) in [5, 5.41) is 2.13. The van der Waals surface area contributed by atoms with Gasteiger partial charge in [0, 0.05) is 9.85 Å². The van der Waals surface area contributed by atoms with Crippen LogP contribution in [0.4, 0.5) is 5.69 Å². The minimum absolute atomic E-state index is 0.622. The fourth-order valence-electron chi connectivity index (χ4n) is 2.75. The minimum atomic E-state index is 0.622. The van der Waals surface area contributed by atoms with Crippen LogP contribution in [0.25, 0.3) is 11.3 Å². The van der Waals surface area contributed by atoms with Crippen LogP contribution in [0.15, 0.2) is 86.2 Å². The van der Waals surface area contributed by atoms with Crippen molar-refractivity contribution in [1.82, 2.24) is 4.57 Å². The first-order chi connectivity index (χ1) is 13.2. The Morgan fingerprint density at radius 3 is 2.52 bits per heavy atom. The van der Waals surface area contributed by atoms with Crippen molar-refractivity contribution in [3.63, 3.8) is 0 Å². The molecule has 0 aliphatic rings. The van der Waals surface area contributed by atoms with Gasteiger partial charge in [-0.2, -0.15) is 0 Å². The number of benzene rings is 2. The van der Waals surface area contributed by atoms with Gasteiger partial charge in [0.2, 0.25) is 0 Å². The van der Waals surface area contributed by atoms with Gasteiger partial charge >= 0.3 is 0 Å². The molecule has 0 saturated carbocycles. The molecule has 4 rings (SSSR count). The largest absolute Gasteiger partial charge is 0.497 e. The first-order valence-electron chi connectivity index (χ1n) is 8.38. The summed E-state index contributed by atoms with van der Waals surface area (Å²) in [6.45, 7) is 0.622. The summed E-state index contributed by atoms with van der Waals surface area (Å²) < 4.78 is 14.0. The second kappa shape index (κ2) is 7.98. The van der Waals surface area contributed by atoms with E-state index in [1.165, 1.54) is 0 Å². The molecule has 0 radical (unpaired) electrons. The van der Waals surface area contributed by atoms with Crippen LogP contribution in [0.3, 0.4) is 0 Å². The first-order valence-corrected chi connectivity index (χ1v) is 10.1. The third-order valence-corrected chi connectivity index (χ3v) is 5.52. The number of halogens is 1. The van der Waals surface area contributed by atoms with E-state index < -0.39 is 0 Å². The van der Waals surface area contributed by atoms with Crippen LogP contribution in [0.2, 0.25) is 0 Å². The summed E-state index contributed by atoms with van der Waals surface area (Å²) in [5.41, 5.74) is 3.13. The number of aromatic nitrogens is 1. The standard InChI is InChI=1S/C21H17BrN2O2S/c1-25-18-10-8-17(9-11-18)23-21-24(13-19-3-2-12-26-19)20(14-27-21)15-4-6-16(22)7-5-15/h2-12,14H,13H2,1H3. The Balaban J connectivity index is 1.80. The highest BCUT2D eigenvalue weighted by Gasteiger charge is 2.10. The van der Waals surface area contributed by atoms with Gasteiger partial charge in [-0.3, -0.25) is 0 Å². The third kappa shape index (κ3) is 4.07. The SMILES string of the molecule is COc1ccc(N=c2scc(-c3ccc(Br)cc3)n2Cc2ccco2)cc1. The molecule has 0 N–H and O–H groups in total. The quantitative estimate of drug-likeness (QED) is 0.389. The average Bonchev–Trinajstić information content (AvgIpc) is 3.34. The van der Waals surface area contributed by atoms with Gasteiger partial charge in [-0.05, 0) is 54.1 Å². The van der Waals surface area contributed by atoms with Crippen molar-refractivity contribution in [2.24, 2.45) is 4.99 Å². The summed E-state index contributed by atoms with van der Waals surface area (Å²) in [5.74, 6) is 1.71. The number of thiazole rings is 1. The zero-order chi connectivity index (χ0) is 18.6. The highest BCUT2D eigenvalue weighted by atomic mass is 79.9. The lowest BCUT2D eigenvalue weighted by molar-refractivity contribution is 0.415. The predicted molar refractivity (Wildman–Crippen MR) is 111 cm³/mol. The summed E-state index contributed by atoms with van der Waals surface area (Å²) in [7, 11) is 1.66. The smallest absolute Gasteiger partial charge is 0.190 e. The molecule has 2 heterocycles. The molecule has 0 atom stereocenters. The summed E-state index contributed by atoms with van der Waals surface area (Å²) >= 11 is 5.11. The molecule has 6 heteroatoms. The Kier molecular flexibility index (Phi) is 5.27. The Morgan fingerprint density at radius 1 is 1.07 bits per heavy atom. The van der Waals surface area contributed by atoms with Crippen LogP contribution in [0.5, 0.6) is 5.75 Å². The molecule has 27 heavy (non-hydrogen) atoms. The molecule has 0 fully saturated rings. The Bertz CT molecular complexity index is 1080. The van der Waals surface area contributed by atoms with Crippen LogP contribution in [-0.2, 0) is 6.54 Å². The van der Waals surface area contributed by atoms with E-state index in [1.807, 2.05) is 48.5 Å². The maximum Gasteiger partial charge on any atom is 0.190 e. The van der Waals surface area contributed by atoms with E-state index in [9.17, 15) is 0 Å². The van der Waals surface area contributed by atoms with E-state index in [4.69, 9.17) is 14.1 Å². The molecule has 0 bridgehead atoms. The first kappa shape index (κ1) is 17.8. The number of furan rings is 1. The van der Waals surface area contributed by atoms with Gasteiger partial charge in [-0.25, -0.2) is 4.99 Å². The molecule has 2 aromatic carbocycles.